The molecule has 1 fully saturated rings. The van der Waals surface area contributed by atoms with Gasteiger partial charge in [0.2, 0.25) is 0 Å². The highest BCUT2D eigenvalue weighted by atomic mass is 32.2. The highest BCUT2D eigenvalue weighted by Gasteiger charge is 2.23. The monoisotopic (exact) mass is 459 g/mol. The maximum absolute atomic E-state index is 5.94. The molecule has 2 aromatic carbocycles. The normalized spacial score (nSPS) is 16.3. The lowest BCUT2D eigenvalue weighted by Gasteiger charge is -2.14. The van der Waals surface area contributed by atoms with Crippen LogP contribution in [0.5, 0.6) is 0 Å². The second-order valence-electron chi connectivity index (χ2n) is 8.33. The molecule has 0 saturated carbocycles. The minimum absolute atomic E-state index is 0.212. The molecule has 1 N–H and O–H groups in total. The largest absolute Gasteiger partial charge is 0.441 e. The van der Waals surface area contributed by atoms with E-state index in [2.05, 4.69) is 42.9 Å². The van der Waals surface area contributed by atoms with E-state index in [4.69, 9.17) is 9.15 Å². The van der Waals surface area contributed by atoms with Gasteiger partial charge in [-0.3, -0.25) is 4.57 Å². The van der Waals surface area contributed by atoms with Crippen LogP contribution in [0, 0.1) is 0 Å². The van der Waals surface area contributed by atoms with Crippen LogP contribution in [0.2, 0.25) is 0 Å². The number of hydrogen-bond donors (Lipinski definition) is 1. The molecular formula is C25H25N5O2S. The van der Waals surface area contributed by atoms with Crippen LogP contribution in [0.4, 0.5) is 0 Å². The molecule has 6 rings (SSSR count). The maximum Gasteiger partial charge on any atom is 0.195 e. The average molecular weight is 460 g/mol. The molecule has 0 spiro atoms. The number of thioether (sulfide) groups is 1. The first-order valence-electron chi connectivity index (χ1n) is 11.4. The average Bonchev–Trinajstić information content (AvgIpc) is 3.63. The number of rotatable bonds is 8. The summed E-state index contributed by atoms with van der Waals surface area (Å²) in [7, 11) is 0. The fourth-order valence-electron chi connectivity index (χ4n) is 4.42. The van der Waals surface area contributed by atoms with Gasteiger partial charge in [0.25, 0.3) is 0 Å². The van der Waals surface area contributed by atoms with Gasteiger partial charge in [0, 0.05) is 41.4 Å². The summed E-state index contributed by atoms with van der Waals surface area (Å²) in [6, 6.07) is 16.2. The van der Waals surface area contributed by atoms with Gasteiger partial charge < -0.3 is 14.1 Å². The molecule has 33 heavy (non-hydrogen) atoms. The lowest BCUT2D eigenvalue weighted by atomic mass is 10.1. The van der Waals surface area contributed by atoms with E-state index in [-0.39, 0.29) is 6.10 Å². The third-order valence-electron chi connectivity index (χ3n) is 6.06. The molecule has 1 atom stereocenters. The van der Waals surface area contributed by atoms with Crippen molar-refractivity contribution >= 4 is 33.8 Å². The number of oxazole rings is 1. The Kier molecular flexibility index (Phi) is 5.61. The minimum atomic E-state index is 0.212. The Balaban J connectivity index is 1.20. The lowest BCUT2D eigenvalue weighted by molar-refractivity contribution is 0.0953. The molecule has 3 aromatic heterocycles. The minimum Gasteiger partial charge on any atom is -0.441 e. The second-order valence-corrected chi connectivity index (χ2v) is 9.39. The van der Waals surface area contributed by atoms with Gasteiger partial charge in [0.05, 0.1) is 12.6 Å². The fraction of sp³-hybridized carbons (Fsp3) is 0.320. The Morgan fingerprint density at radius 2 is 2.00 bits per heavy atom. The highest BCUT2D eigenvalue weighted by Crippen LogP contribution is 2.31. The standard InChI is InChI=1S/C25H25N5O2S/c1-2-9-20-18(8-1)19(15-26-20)24-28-29-25(30(24)16-17-7-5-13-31-17)33-14-6-12-23-27-21-10-3-4-11-22(21)32-23/h1-4,8-11,15,17,26H,5-7,12-14,16H2. The highest BCUT2D eigenvalue weighted by molar-refractivity contribution is 7.99. The van der Waals surface area contributed by atoms with E-state index in [0.717, 1.165) is 89.0 Å². The van der Waals surface area contributed by atoms with Gasteiger partial charge in [-0.1, -0.05) is 42.1 Å². The van der Waals surface area contributed by atoms with Gasteiger partial charge in [-0.25, -0.2) is 4.98 Å². The van der Waals surface area contributed by atoms with Crippen LogP contribution >= 0.6 is 11.8 Å². The van der Waals surface area contributed by atoms with Crippen molar-refractivity contribution in [1.29, 1.82) is 0 Å². The van der Waals surface area contributed by atoms with Crippen LogP contribution in [0.3, 0.4) is 0 Å². The predicted octanol–water partition coefficient (Wildman–Crippen LogP) is 5.47. The molecule has 5 aromatic rings. The van der Waals surface area contributed by atoms with Crippen molar-refractivity contribution in [2.75, 3.05) is 12.4 Å². The number of nitrogens with zero attached hydrogens (tertiary/aromatic N) is 4. The van der Waals surface area contributed by atoms with E-state index >= 15 is 0 Å². The van der Waals surface area contributed by atoms with E-state index < -0.39 is 0 Å². The number of hydrogen-bond acceptors (Lipinski definition) is 6. The van der Waals surface area contributed by atoms with Crippen LogP contribution < -0.4 is 0 Å². The van der Waals surface area contributed by atoms with Crippen molar-refractivity contribution in [2.45, 2.75) is 43.5 Å². The van der Waals surface area contributed by atoms with Gasteiger partial charge >= 0.3 is 0 Å². The smallest absolute Gasteiger partial charge is 0.195 e. The summed E-state index contributed by atoms with van der Waals surface area (Å²) in [6.45, 7) is 1.61. The molecule has 4 heterocycles. The van der Waals surface area contributed by atoms with E-state index in [1.807, 2.05) is 36.5 Å². The van der Waals surface area contributed by atoms with Crippen molar-refractivity contribution in [3.63, 3.8) is 0 Å². The van der Waals surface area contributed by atoms with Gasteiger partial charge in [0.15, 0.2) is 22.5 Å². The number of fused-ring (bicyclic) bond motifs is 2. The molecule has 0 amide bonds. The zero-order valence-electron chi connectivity index (χ0n) is 18.2. The van der Waals surface area contributed by atoms with Gasteiger partial charge in [-0.05, 0) is 37.5 Å². The Morgan fingerprint density at radius 3 is 2.91 bits per heavy atom. The van der Waals surface area contributed by atoms with Crippen LogP contribution in [-0.2, 0) is 17.7 Å². The van der Waals surface area contributed by atoms with Crippen molar-refractivity contribution in [2.24, 2.45) is 0 Å². The first-order valence-corrected chi connectivity index (χ1v) is 12.4. The molecule has 0 radical (unpaired) electrons. The first kappa shape index (κ1) is 20.5. The van der Waals surface area contributed by atoms with E-state index in [1.165, 1.54) is 0 Å². The molecule has 1 aliphatic heterocycles. The summed E-state index contributed by atoms with van der Waals surface area (Å²) in [4.78, 5) is 7.94. The van der Waals surface area contributed by atoms with Crippen molar-refractivity contribution < 1.29 is 9.15 Å². The third kappa shape index (κ3) is 4.16. The fourth-order valence-corrected chi connectivity index (χ4v) is 5.31. The van der Waals surface area contributed by atoms with E-state index in [1.54, 1.807) is 11.8 Å². The predicted molar refractivity (Wildman–Crippen MR) is 129 cm³/mol. The van der Waals surface area contributed by atoms with Crippen molar-refractivity contribution in [3.05, 3.63) is 60.6 Å². The molecule has 168 valence electrons. The van der Waals surface area contributed by atoms with Crippen LogP contribution in [0.15, 0.2) is 64.3 Å². The Hall–Kier alpha value is -3.10. The number of benzene rings is 2. The number of aromatic nitrogens is 5. The second kappa shape index (κ2) is 9.03. The SMILES string of the molecule is c1ccc2oc(CCCSc3nnc(-c4c[nH]c5ccccc45)n3CC3CCCO3)nc2c1. The molecule has 0 bridgehead atoms. The zero-order chi connectivity index (χ0) is 22.0. The number of ether oxygens (including phenoxy) is 1. The molecular weight excluding hydrogens is 434 g/mol. The number of aryl methyl sites for hydroxylation is 1. The number of para-hydroxylation sites is 3. The number of H-pyrrole nitrogens is 1. The zero-order valence-corrected chi connectivity index (χ0v) is 19.1. The lowest BCUT2D eigenvalue weighted by Crippen LogP contribution is -2.16. The summed E-state index contributed by atoms with van der Waals surface area (Å²) in [6.07, 6.45) is 6.19. The number of aromatic amines is 1. The summed E-state index contributed by atoms with van der Waals surface area (Å²) in [5.41, 5.74) is 3.95. The Morgan fingerprint density at radius 1 is 1.09 bits per heavy atom. The Labute approximate surface area is 195 Å². The third-order valence-corrected chi connectivity index (χ3v) is 7.11. The topological polar surface area (TPSA) is 81.8 Å². The first-order chi connectivity index (χ1) is 16.3. The molecule has 1 saturated heterocycles. The molecule has 0 aliphatic carbocycles. The summed E-state index contributed by atoms with van der Waals surface area (Å²) in [5.74, 6) is 2.59. The van der Waals surface area contributed by atoms with E-state index in [0.29, 0.717) is 0 Å². The van der Waals surface area contributed by atoms with Crippen LogP contribution in [-0.4, -0.2) is 43.2 Å². The quantitative estimate of drug-likeness (QED) is 0.245. The van der Waals surface area contributed by atoms with E-state index in [9.17, 15) is 0 Å². The summed E-state index contributed by atoms with van der Waals surface area (Å²) >= 11 is 1.73. The van der Waals surface area contributed by atoms with Crippen molar-refractivity contribution in [1.82, 2.24) is 24.7 Å². The molecule has 8 heteroatoms. The molecule has 1 aliphatic rings. The van der Waals surface area contributed by atoms with Crippen LogP contribution in [0.25, 0.3) is 33.4 Å². The van der Waals surface area contributed by atoms with Gasteiger partial charge in [-0.2, -0.15) is 0 Å². The van der Waals surface area contributed by atoms with Crippen LogP contribution in [0.1, 0.15) is 25.2 Å². The van der Waals surface area contributed by atoms with Crippen molar-refractivity contribution in [3.8, 4) is 11.4 Å². The van der Waals surface area contributed by atoms with Gasteiger partial charge in [-0.15, -0.1) is 10.2 Å². The Bertz CT molecular complexity index is 1350. The molecule has 7 nitrogen and oxygen atoms in total. The summed E-state index contributed by atoms with van der Waals surface area (Å²) in [5, 5.41) is 11.3. The summed E-state index contributed by atoms with van der Waals surface area (Å²) < 4.78 is 14.0. The maximum atomic E-state index is 5.94. The van der Waals surface area contributed by atoms with Gasteiger partial charge in [0.1, 0.15) is 5.52 Å². The number of nitrogens with one attached hydrogen (secondary N) is 1. The molecule has 1 unspecified atom stereocenters.